The number of nitriles is 1. The van der Waals surface area contributed by atoms with Gasteiger partial charge in [0.15, 0.2) is 44.8 Å². The van der Waals surface area contributed by atoms with Gasteiger partial charge in [0.25, 0.3) is 22.2 Å². The first-order valence-corrected chi connectivity index (χ1v) is 46.3. The summed E-state index contributed by atoms with van der Waals surface area (Å²) in [6.07, 6.45) is 6.80. The molecule has 0 saturated carbocycles. The first kappa shape index (κ1) is 90.6. The van der Waals surface area contributed by atoms with Gasteiger partial charge >= 0.3 is 0 Å². The molecular weight excluding hydrogens is 1820 g/mol. The molecule has 28 nitrogen and oxygen atoms in total. The third kappa shape index (κ3) is 12.8. The van der Waals surface area contributed by atoms with E-state index in [0.29, 0.717) is 125 Å². The van der Waals surface area contributed by atoms with Crippen molar-refractivity contribution in [2.24, 2.45) is 0 Å². The van der Waals surface area contributed by atoms with Gasteiger partial charge in [-0.15, -0.1) is 29.5 Å². The number of benzene rings is 8. The summed E-state index contributed by atoms with van der Waals surface area (Å²) in [4.78, 5) is 108. The molecule has 16 aromatic rings. The number of allylic oxidation sites excluding steroid dienone is 1. The van der Waals surface area contributed by atoms with Gasteiger partial charge in [-0.05, 0) is 185 Å². The number of hydrogen-bond donors (Lipinski definition) is 9. The molecule has 12 heterocycles. The van der Waals surface area contributed by atoms with Gasteiger partial charge in [0.1, 0.15) is 86.5 Å². The summed E-state index contributed by atoms with van der Waals surface area (Å²) >= 11 is 7.98. The lowest BCUT2D eigenvalue weighted by molar-refractivity contribution is -0.135. The first-order chi connectivity index (χ1) is 67.3. The Morgan fingerprint density at radius 3 is 1.65 bits per heavy atom. The number of hydrogen-bond acceptors (Lipinski definition) is 25. The van der Waals surface area contributed by atoms with E-state index in [-0.39, 0.29) is 85.3 Å². The molecule has 0 spiro atoms. The number of carbonyl (C=O) groups is 1. The van der Waals surface area contributed by atoms with E-state index in [2.05, 4.69) is 47.5 Å². The van der Waals surface area contributed by atoms with Gasteiger partial charge in [0.05, 0.1) is 106 Å². The van der Waals surface area contributed by atoms with E-state index in [9.17, 15) is 49.7 Å². The highest BCUT2D eigenvalue weighted by Gasteiger charge is 2.79. The molecule has 140 heavy (non-hydrogen) atoms. The number of aliphatic hydroxyl groups is 4. The van der Waals surface area contributed by atoms with Crippen molar-refractivity contribution in [3.63, 3.8) is 0 Å². The van der Waals surface area contributed by atoms with Gasteiger partial charge < -0.3 is 78.9 Å². The molecule has 8 aromatic heterocycles. The minimum atomic E-state index is -2.22. The number of pyridine rings is 2. The predicted octanol–water partition coefficient (Wildman–Crippen LogP) is 15.5. The molecule has 8 aliphatic rings. The Morgan fingerprint density at radius 2 is 1.05 bits per heavy atom. The van der Waals surface area contributed by atoms with Crippen molar-refractivity contribution in [2.75, 3.05) is 25.8 Å². The van der Waals surface area contributed by atoms with Crippen LogP contribution in [0.25, 0.3) is 22.8 Å². The number of fused-ring (bicyclic) bond motifs is 20. The van der Waals surface area contributed by atoms with Gasteiger partial charge in [-0.1, -0.05) is 126 Å². The second kappa shape index (κ2) is 33.2. The van der Waals surface area contributed by atoms with Gasteiger partial charge in [-0.3, -0.25) is 33.9 Å². The molecule has 0 saturated heterocycles. The van der Waals surface area contributed by atoms with E-state index in [1.54, 1.807) is 156 Å². The van der Waals surface area contributed by atoms with Crippen LogP contribution in [0.1, 0.15) is 176 Å². The molecule has 0 radical (unpaired) electrons. The van der Waals surface area contributed by atoms with E-state index >= 15 is 4.39 Å². The van der Waals surface area contributed by atoms with Gasteiger partial charge in [0.2, 0.25) is 0 Å². The van der Waals surface area contributed by atoms with Crippen LogP contribution >= 0.6 is 22.9 Å². The maximum atomic E-state index is 15.9. The fourth-order valence-corrected chi connectivity index (χ4v) is 23.5. The number of H-pyrrole nitrogens is 4. The van der Waals surface area contributed by atoms with E-state index in [1.165, 1.54) is 30.6 Å². The molecule has 8 aromatic carbocycles. The molecule has 12 atom stereocenters. The third-order valence-corrected chi connectivity index (χ3v) is 29.2. The van der Waals surface area contributed by atoms with Crippen molar-refractivity contribution in [1.82, 2.24) is 49.8 Å². The number of ether oxygens (including phenoxy) is 6. The number of aromatic amines is 4. The maximum absolute atomic E-state index is 15.9. The molecule has 0 fully saturated rings. The van der Waals surface area contributed by atoms with Crippen LogP contribution in [-0.4, -0.2) is 96.1 Å². The van der Waals surface area contributed by atoms with Crippen molar-refractivity contribution in [3.8, 4) is 63.3 Å². The van der Waals surface area contributed by atoms with E-state index in [0.717, 1.165) is 27.1 Å². The van der Waals surface area contributed by atoms with Crippen LogP contribution in [0.5, 0.6) is 34.5 Å². The summed E-state index contributed by atoms with van der Waals surface area (Å²) in [5.41, 5.74) is 1.83. The Balaban J connectivity index is 0.000000111. The highest BCUT2D eigenvalue weighted by Crippen LogP contribution is 2.72. The molecule has 24 rings (SSSR count). The number of Topliss-reactive ketones (excluding diaryl/α,β-unsaturated/α-hetero) is 1. The van der Waals surface area contributed by atoms with E-state index < -0.39 is 85.4 Å². The zero-order valence-corrected chi connectivity index (χ0v) is 78.2. The zero-order chi connectivity index (χ0) is 98.0. The van der Waals surface area contributed by atoms with Crippen molar-refractivity contribution in [2.45, 2.75) is 123 Å². The summed E-state index contributed by atoms with van der Waals surface area (Å²) in [6.45, 7) is 16.2. The number of nitrogens with one attached hydrogen (secondary N) is 4. The lowest BCUT2D eigenvalue weighted by atomic mass is 9.71. The minimum Gasteiger partial charge on any atom is -0.497 e. The third-order valence-electron chi connectivity index (χ3n) is 28.0. The fourth-order valence-electron chi connectivity index (χ4n) is 22.2. The normalized spacial score (nSPS) is 23.8. The van der Waals surface area contributed by atoms with Gasteiger partial charge in [-0.2, -0.15) is 5.26 Å². The molecule has 0 bridgehead atoms. The largest absolute Gasteiger partial charge is 0.497 e. The number of nitrogens with two attached hydrogens (primary N) is 1. The van der Waals surface area contributed by atoms with Crippen molar-refractivity contribution >= 4 is 34.4 Å². The number of anilines is 1. The Hall–Kier alpha value is -15.9. The molecule has 4 aliphatic carbocycles. The van der Waals surface area contributed by atoms with E-state index in [4.69, 9.17) is 65.1 Å². The zero-order valence-electron chi connectivity index (χ0n) is 76.7. The molecule has 10 N–H and O–H groups in total. The van der Waals surface area contributed by atoms with Crippen molar-refractivity contribution in [3.05, 3.63) is 448 Å². The lowest BCUT2D eigenvalue weighted by Gasteiger charge is -2.39. The second-order valence-corrected chi connectivity index (χ2v) is 37.5. The van der Waals surface area contributed by atoms with Gasteiger partial charge in [-0.25, -0.2) is 24.3 Å². The number of furan rings is 1. The topological polar surface area (TPSA) is 425 Å². The summed E-state index contributed by atoms with van der Waals surface area (Å²) in [7, 11) is 3.16. The van der Waals surface area contributed by atoms with Gasteiger partial charge in [0, 0.05) is 68.6 Å². The average Bonchev–Trinajstić information content (AvgIpc) is 1.52. The number of rotatable bonds is 14. The van der Waals surface area contributed by atoms with Crippen LogP contribution in [0.2, 0.25) is 0 Å². The number of alkyl halides is 1. The van der Waals surface area contributed by atoms with Crippen LogP contribution in [-0.2, 0) is 56.0 Å². The molecule has 4 aliphatic heterocycles. The number of carbonyl (C=O) groups excluding carboxylic acids is 1. The Kier molecular flexibility index (Phi) is 21.5. The Labute approximate surface area is 807 Å². The molecule has 700 valence electrons. The number of thiophene rings is 1. The number of aryl methyl sites for hydroxylation is 6. The number of aromatic nitrogens is 10. The molecule has 31 heteroatoms. The SMILES string of the molecule is C=CCc1nc2c(c(=O)[nH]1)[C@@H](CCl)[C@]1(c3ccc(N)cc3)Oc3ccc(C)cc3[C@]21O.COc1ccc([C@@]23Oc4cc(C)cnc4[C@]2(O)c2nc(-c4cccc(C)c4)[nH]c(=O)c2[C@H]3C(C)=O)cc1.COc1ccc([C@@]23Oc4cc(C)cnc4[C@]2(O)c2nc(C)[nH]c(=O)c2[C@H]3c2cccs2)cc1.Cc1cc(F)c2c(c1)O[C@@]1(c3ccc(C#N)cc3)[C@H](c3ccco3)c3c(nc(-c4ccccc4)[nH]c3=O)[C@@]21O. The van der Waals surface area contributed by atoms with Crippen LogP contribution in [0.3, 0.4) is 0 Å². The highest BCUT2D eigenvalue weighted by molar-refractivity contribution is 7.10. The van der Waals surface area contributed by atoms with Crippen LogP contribution < -0.4 is 56.4 Å². The summed E-state index contributed by atoms with van der Waals surface area (Å²) in [5, 5.41) is 62.2. The smallest absolute Gasteiger partial charge is 0.255 e. The molecule has 0 unspecified atom stereocenters. The van der Waals surface area contributed by atoms with Crippen LogP contribution in [0.15, 0.2) is 279 Å². The van der Waals surface area contributed by atoms with E-state index in [1.807, 2.05) is 136 Å². The average molecular weight is 1910 g/mol. The predicted molar refractivity (Wildman–Crippen MR) is 517 cm³/mol. The Morgan fingerprint density at radius 1 is 0.521 bits per heavy atom. The first-order valence-electron chi connectivity index (χ1n) is 44.9. The number of ketones is 1. The maximum Gasteiger partial charge on any atom is 0.255 e. The number of methoxy groups -OCH3 is 2. The standard InChI is InChI=1S/C31H20FN3O4.C29H25N3O5.C25H21N3O4S.C24H22ClN3O3/c1-17-14-21(32)25-23(15-17)39-31(20-11-9-18(16-33)10-12-20)26(22-8-5-13-38-22)24-27(30(25,31)37)34-28(35-29(24)36)19-6-3-2-4-7-19;1-15-6-5-7-18(12-15)26-31-25-22(27(34)32-26)23(17(3)33)29(19-8-10-20(36-4)11-9-19)28(25,35)24-21(37-29)13-16(2)14-30-24;1-13-11-17-21(26-12-13)24(30)22-19(23(29)28-14(2)27-22)20(18-5-4-10-33-18)25(24,32-17)15-6-8-16(31-3)9-7-15;1-3-4-19-27-21-20(22(29)28-19)17(12-25)24(14-6-8-15(26)9-7-14)23(21,30)16-11-13(2)5-10-18(16)31-24/h2-15,26,37H,1H3,(H,34,35,36);5-14,23,35H,1-4H3,(H,31,32,34);4-12,20,30H,1-3H3,(H,27,28,29);3,5-11,17,30H,1,4,12,26H2,2H3,(H,27,28,29)/t26-,30+,31+;23-,28+,29+;20-,24+,25+;17-,23+,24+/m1111/s1. The number of nitrogen functional groups attached to an aromatic ring is 1. The fraction of sp³-hybridized carbons (Fsp3) is 0.211. The van der Waals surface area contributed by atoms with Crippen molar-refractivity contribution in [1.29, 1.82) is 5.26 Å². The number of halogens is 2. The Bertz CT molecular complexity index is 8110. The highest BCUT2D eigenvalue weighted by atomic mass is 35.5. The second-order valence-electron chi connectivity index (χ2n) is 36.2. The molecule has 0 amide bonds. The summed E-state index contributed by atoms with van der Waals surface area (Å²) in [6, 6.07) is 66.0. The van der Waals surface area contributed by atoms with Crippen LogP contribution in [0.4, 0.5) is 10.1 Å². The summed E-state index contributed by atoms with van der Waals surface area (Å²) < 4.78 is 58.9. The minimum absolute atomic E-state index is 0.0163. The van der Waals surface area contributed by atoms with Crippen LogP contribution in [0, 0.1) is 58.7 Å². The van der Waals surface area contributed by atoms with Crippen molar-refractivity contribution < 1.29 is 62.4 Å². The summed E-state index contributed by atoms with van der Waals surface area (Å²) in [5.74, 6) is 0.125. The number of nitrogens with zero attached hydrogens (tertiary/aromatic N) is 7. The monoisotopic (exact) mass is 1910 g/mol. The quantitative estimate of drug-likeness (QED) is 0.0277. The molecular formula is C109H88ClFN12O16S. The lowest BCUT2D eigenvalue weighted by Crippen LogP contribution is -2.51.